The molecule has 1 aliphatic heterocycles. The Morgan fingerprint density at radius 1 is 1.28 bits per heavy atom. The lowest BCUT2D eigenvalue weighted by Gasteiger charge is -2.11. The Morgan fingerprint density at radius 2 is 2.16 bits per heavy atom. The van der Waals surface area contributed by atoms with E-state index in [1.165, 1.54) is 24.2 Å². The molecule has 1 saturated heterocycles. The quantitative estimate of drug-likeness (QED) is 0.737. The van der Waals surface area contributed by atoms with E-state index in [0.29, 0.717) is 17.8 Å². The predicted octanol–water partition coefficient (Wildman–Crippen LogP) is 2.36. The number of likely N-dealkylation sites (tertiary alicyclic amines) is 1. The number of amides is 1. The second-order valence-corrected chi connectivity index (χ2v) is 7.42. The molecule has 0 aromatic carbocycles. The molecule has 0 atom stereocenters. The average molecular weight is 355 g/mol. The molecule has 130 valence electrons. The monoisotopic (exact) mass is 355 g/mol. The first-order chi connectivity index (χ1) is 12.3. The van der Waals surface area contributed by atoms with E-state index in [1.54, 1.807) is 6.20 Å². The molecule has 0 spiro atoms. The van der Waals surface area contributed by atoms with Gasteiger partial charge in [-0.05, 0) is 38.1 Å². The van der Waals surface area contributed by atoms with Crippen LogP contribution in [0.1, 0.15) is 33.2 Å². The smallest absolute Gasteiger partial charge is 0.263 e. The highest BCUT2D eigenvalue weighted by molar-refractivity contribution is 7.13. The van der Waals surface area contributed by atoms with Crippen molar-refractivity contribution in [3.8, 4) is 0 Å². The van der Waals surface area contributed by atoms with Crippen molar-refractivity contribution in [3.05, 3.63) is 52.4 Å². The van der Waals surface area contributed by atoms with E-state index in [4.69, 9.17) is 0 Å². The third-order valence-electron chi connectivity index (χ3n) is 4.42. The minimum atomic E-state index is -0.0473. The summed E-state index contributed by atoms with van der Waals surface area (Å²) in [6, 6.07) is 5.92. The number of rotatable bonds is 6. The second-order valence-electron chi connectivity index (χ2n) is 6.31. The van der Waals surface area contributed by atoms with Crippen LogP contribution in [0.2, 0.25) is 0 Å². The number of pyridine rings is 1. The number of nitrogens with one attached hydrogen (secondary N) is 1. The minimum Gasteiger partial charge on any atom is -0.351 e. The Balaban J connectivity index is 1.29. The molecule has 1 N–H and O–H groups in total. The van der Waals surface area contributed by atoms with Crippen LogP contribution >= 0.6 is 11.3 Å². The molecule has 25 heavy (non-hydrogen) atoms. The molecular weight excluding hydrogens is 334 g/mol. The van der Waals surface area contributed by atoms with Gasteiger partial charge >= 0.3 is 0 Å². The zero-order chi connectivity index (χ0) is 17.1. The third kappa shape index (κ3) is 3.88. The van der Waals surface area contributed by atoms with Gasteiger partial charge in [0.25, 0.3) is 5.91 Å². The molecule has 0 unspecified atom stereocenters. The Morgan fingerprint density at radius 3 is 3.00 bits per heavy atom. The zero-order valence-corrected chi connectivity index (χ0v) is 14.8. The summed E-state index contributed by atoms with van der Waals surface area (Å²) in [5, 5.41) is 3.99. The summed E-state index contributed by atoms with van der Waals surface area (Å²) in [6.45, 7) is 3.71. The molecule has 3 aromatic rings. The molecule has 0 radical (unpaired) electrons. The first-order valence-corrected chi connectivity index (χ1v) is 9.47. The number of imidazole rings is 1. The van der Waals surface area contributed by atoms with Crippen molar-refractivity contribution >= 4 is 22.9 Å². The van der Waals surface area contributed by atoms with Gasteiger partial charge in [0.05, 0.1) is 18.4 Å². The molecule has 1 aliphatic rings. The van der Waals surface area contributed by atoms with Crippen LogP contribution in [0.4, 0.5) is 0 Å². The normalized spacial score (nSPS) is 15.0. The van der Waals surface area contributed by atoms with Gasteiger partial charge in [0.15, 0.2) is 0 Å². The highest BCUT2D eigenvalue weighted by atomic mass is 32.1. The second kappa shape index (κ2) is 7.33. The summed E-state index contributed by atoms with van der Waals surface area (Å²) in [4.78, 5) is 24.3. The van der Waals surface area contributed by atoms with Gasteiger partial charge in [-0.2, -0.15) is 0 Å². The van der Waals surface area contributed by atoms with Crippen LogP contribution in [0.5, 0.6) is 0 Å². The molecule has 1 fully saturated rings. The van der Waals surface area contributed by atoms with Crippen molar-refractivity contribution in [3.63, 3.8) is 0 Å². The van der Waals surface area contributed by atoms with Crippen LogP contribution in [-0.4, -0.2) is 44.8 Å². The van der Waals surface area contributed by atoms with Gasteiger partial charge < -0.3 is 9.72 Å². The molecule has 7 heteroatoms. The van der Waals surface area contributed by atoms with Crippen LogP contribution < -0.4 is 5.32 Å². The summed E-state index contributed by atoms with van der Waals surface area (Å²) in [7, 11) is 0. The molecule has 4 heterocycles. The Hall–Kier alpha value is -2.25. The summed E-state index contributed by atoms with van der Waals surface area (Å²) >= 11 is 1.49. The number of fused-ring (bicyclic) bond motifs is 1. The van der Waals surface area contributed by atoms with Crippen LogP contribution in [0.3, 0.4) is 0 Å². The fourth-order valence-electron chi connectivity index (χ4n) is 3.12. The highest BCUT2D eigenvalue weighted by Crippen LogP contribution is 2.18. The molecule has 0 aliphatic carbocycles. The van der Waals surface area contributed by atoms with Crippen molar-refractivity contribution in [2.45, 2.75) is 25.8 Å². The maximum Gasteiger partial charge on any atom is 0.263 e. The summed E-state index contributed by atoms with van der Waals surface area (Å²) in [6.07, 6.45) is 8.92. The first-order valence-electron chi connectivity index (χ1n) is 8.66. The molecule has 6 nitrogen and oxygen atoms in total. The van der Waals surface area contributed by atoms with E-state index in [9.17, 15) is 4.79 Å². The lowest BCUT2D eigenvalue weighted by molar-refractivity contribution is 0.0958. The van der Waals surface area contributed by atoms with Crippen LogP contribution in [0, 0.1) is 0 Å². The molecule has 1 amide bonds. The number of aromatic nitrogens is 3. The Bertz CT molecular complexity index is 832. The maximum absolute atomic E-state index is 12.3. The van der Waals surface area contributed by atoms with Gasteiger partial charge in [-0.1, -0.05) is 6.07 Å². The van der Waals surface area contributed by atoms with Crippen molar-refractivity contribution in [2.24, 2.45) is 0 Å². The largest absolute Gasteiger partial charge is 0.351 e. The minimum absolute atomic E-state index is 0.0473. The number of carbonyl (C=O) groups excluding carboxylic acids is 1. The van der Waals surface area contributed by atoms with E-state index in [2.05, 4.69) is 20.2 Å². The summed E-state index contributed by atoms with van der Waals surface area (Å²) in [5.41, 5.74) is 1.91. The van der Waals surface area contributed by atoms with E-state index in [1.807, 2.05) is 35.0 Å². The lowest BCUT2D eigenvalue weighted by Crippen LogP contribution is -2.25. The molecule has 0 bridgehead atoms. The Kier molecular flexibility index (Phi) is 4.76. The maximum atomic E-state index is 12.3. The molecule has 0 saturated carbocycles. The summed E-state index contributed by atoms with van der Waals surface area (Å²) in [5.74, 6) is -0.0473. The van der Waals surface area contributed by atoms with Crippen molar-refractivity contribution < 1.29 is 4.79 Å². The van der Waals surface area contributed by atoms with E-state index in [-0.39, 0.29) is 5.91 Å². The number of carbonyl (C=O) groups is 1. The summed E-state index contributed by atoms with van der Waals surface area (Å²) < 4.78 is 1.99. The SMILES string of the molecule is O=C(NCCc1cn2ccccc2n1)c1cnc(CN2CCCC2)s1. The van der Waals surface area contributed by atoms with Crippen LogP contribution in [-0.2, 0) is 13.0 Å². The molecular formula is C18H21N5OS. The first kappa shape index (κ1) is 16.2. The predicted molar refractivity (Wildman–Crippen MR) is 97.9 cm³/mol. The third-order valence-corrected chi connectivity index (χ3v) is 5.40. The van der Waals surface area contributed by atoms with Crippen molar-refractivity contribution in [1.29, 1.82) is 0 Å². The van der Waals surface area contributed by atoms with Crippen molar-refractivity contribution in [1.82, 2.24) is 24.6 Å². The fourth-order valence-corrected chi connectivity index (χ4v) is 4.00. The highest BCUT2D eigenvalue weighted by Gasteiger charge is 2.15. The topological polar surface area (TPSA) is 62.5 Å². The molecule has 4 rings (SSSR count). The average Bonchev–Trinajstić information content (AvgIpc) is 3.35. The number of thiazole rings is 1. The number of nitrogens with zero attached hydrogens (tertiary/aromatic N) is 4. The number of hydrogen-bond acceptors (Lipinski definition) is 5. The Labute approximate surface area is 150 Å². The van der Waals surface area contributed by atoms with Gasteiger partial charge in [-0.25, -0.2) is 9.97 Å². The van der Waals surface area contributed by atoms with E-state index >= 15 is 0 Å². The van der Waals surface area contributed by atoms with Gasteiger partial charge in [0, 0.05) is 25.4 Å². The van der Waals surface area contributed by atoms with Crippen LogP contribution in [0.15, 0.2) is 36.8 Å². The fraction of sp³-hybridized carbons (Fsp3) is 0.389. The van der Waals surface area contributed by atoms with Gasteiger partial charge in [0.2, 0.25) is 0 Å². The van der Waals surface area contributed by atoms with Gasteiger partial charge in [0.1, 0.15) is 15.5 Å². The zero-order valence-electron chi connectivity index (χ0n) is 14.0. The van der Waals surface area contributed by atoms with Crippen LogP contribution in [0.25, 0.3) is 5.65 Å². The standard InChI is InChI=1S/C18H21N5OS/c24-18(15-11-20-17(25-15)13-22-8-3-4-9-22)19-7-6-14-12-23-10-2-1-5-16(23)21-14/h1-2,5,10-12H,3-4,6-9,13H2,(H,19,24). The van der Waals surface area contributed by atoms with Gasteiger partial charge in [-0.15, -0.1) is 11.3 Å². The van der Waals surface area contributed by atoms with E-state index < -0.39 is 0 Å². The van der Waals surface area contributed by atoms with Crippen molar-refractivity contribution in [2.75, 3.05) is 19.6 Å². The number of hydrogen-bond donors (Lipinski definition) is 1. The van der Waals surface area contributed by atoms with E-state index in [0.717, 1.165) is 36.0 Å². The lowest BCUT2D eigenvalue weighted by atomic mass is 10.3. The molecule has 3 aromatic heterocycles. The van der Waals surface area contributed by atoms with Gasteiger partial charge in [-0.3, -0.25) is 9.69 Å².